The lowest BCUT2D eigenvalue weighted by molar-refractivity contribution is -0.118. The van der Waals surface area contributed by atoms with Crippen LogP contribution in [0.5, 0.6) is 17.2 Å². The Kier molecular flexibility index (Phi) is 6.87. The number of hydrogen-bond donors (Lipinski definition) is 1. The van der Waals surface area contributed by atoms with Gasteiger partial charge in [-0.05, 0) is 47.7 Å². The molecule has 0 saturated carbocycles. The lowest BCUT2D eigenvalue weighted by Crippen LogP contribution is -2.42. The minimum absolute atomic E-state index is 0.0506. The van der Waals surface area contributed by atoms with Gasteiger partial charge in [-0.3, -0.25) is 9.69 Å². The fourth-order valence-electron chi connectivity index (χ4n) is 5.03. The van der Waals surface area contributed by atoms with Gasteiger partial charge in [0.05, 0.1) is 48.9 Å². The number of carbonyl (C=O) groups excluding carboxylic acids is 1. The van der Waals surface area contributed by atoms with Crippen LogP contribution in [-0.2, 0) is 4.79 Å². The zero-order valence-electron chi connectivity index (χ0n) is 20.7. The van der Waals surface area contributed by atoms with E-state index in [1.165, 1.54) is 21.3 Å². The number of carbonyl (C=O) groups is 1. The van der Waals surface area contributed by atoms with Crippen molar-refractivity contribution in [2.75, 3.05) is 26.2 Å². The first-order valence-electron chi connectivity index (χ1n) is 11.3. The van der Waals surface area contributed by atoms with Gasteiger partial charge in [-0.25, -0.2) is 0 Å². The molecule has 2 aromatic rings. The van der Waals surface area contributed by atoms with Gasteiger partial charge in [0.2, 0.25) is 5.75 Å². The zero-order chi connectivity index (χ0) is 26.4. The average molecular weight is 528 g/mol. The third-order valence-corrected chi connectivity index (χ3v) is 7.30. The summed E-state index contributed by atoms with van der Waals surface area (Å²) in [4.78, 5) is 15.5. The van der Waals surface area contributed by atoms with E-state index in [1.54, 1.807) is 35.2 Å². The van der Waals surface area contributed by atoms with Crippen LogP contribution in [0, 0.1) is 16.7 Å². The van der Waals surface area contributed by atoms with Gasteiger partial charge in [-0.2, -0.15) is 5.26 Å². The molecule has 7 nitrogen and oxygen atoms in total. The second kappa shape index (κ2) is 9.61. The molecule has 2 aliphatic rings. The normalized spacial score (nSPS) is 19.1. The molecule has 0 saturated heterocycles. The molecule has 36 heavy (non-hydrogen) atoms. The molecule has 9 heteroatoms. The number of nitriles is 1. The summed E-state index contributed by atoms with van der Waals surface area (Å²) >= 11 is 12.5. The second-order valence-electron chi connectivity index (χ2n) is 9.54. The molecule has 0 fully saturated rings. The number of allylic oxidation sites excluding steroid dienone is 3. The molecule has 0 bridgehead atoms. The number of Topliss-reactive ketones (excluding diaryl/α,β-unsaturated/α-hetero) is 1. The van der Waals surface area contributed by atoms with Crippen molar-refractivity contribution >= 4 is 34.7 Å². The number of ketones is 1. The molecule has 0 radical (unpaired) electrons. The molecule has 2 aromatic carbocycles. The Morgan fingerprint density at radius 3 is 2.19 bits per heavy atom. The van der Waals surface area contributed by atoms with Crippen LogP contribution in [0.2, 0.25) is 10.0 Å². The minimum atomic E-state index is -0.707. The van der Waals surface area contributed by atoms with Gasteiger partial charge < -0.3 is 19.9 Å². The summed E-state index contributed by atoms with van der Waals surface area (Å²) in [6.45, 7) is 4.08. The van der Waals surface area contributed by atoms with E-state index in [0.29, 0.717) is 57.0 Å². The SMILES string of the molecule is COc1cc([C@@H]2C(C#N)=C(N)N(c3ccc(Cl)c(Cl)c3)C3=C2C(=O)CC(C)(C)C3)cc(OC)c1OC. The molecular weight excluding hydrogens is 501 g/mol. The molecule has 1 aliphatic carbocycles. The molecule has 0 aromatic heterocycles. The van der Waals surface area contributed by atoms with E-state index in [1.807, 2.05) is 13.8 Å². The van der Waals surface area contributed by atoms with Gasteiger partial charge in [-0.1, -0.05) is 37.0 Å². The predicted octanol–water partition coefficient (Wildman–Crippen LogP) is 5.96. The predicted molar refractivity (Wildman–Crippen MR) is 140 cm³/mol. The van der Waals surface area contributed by atoms with Crippen molar-refractivity contribution in [3.8, 4) is 23.3 Å². The molecule has 2 N–H and O–H groups in total. The van der Waals surface area contributed by atoms with Crippen LogP contribution < -0.4 is 24.8 Å². The van der Waals surface area contributed by atoms with Gasteiger partial charge in [0.1, 0.15) is 5.82 Å². The smallest absolute Gasteiger partial charge is 0.203 e. The highest BCUT2D eigenvalue weighted by Gasteiger charge is 2.45. The summed E-state index contributed by atoms with van der Waals surface area (Å²) in [6, 6.07) is 10.9. The van der Waals surface area contributed by atoms with Gasteiger partial charge >= 0.3 is 0 Å². The van der Waals surface area contributed by atoms with E-state index < -0.39 is 5.92 Å². The summed E-state index contributed by atoms with van der Waals surface area (Å²) in [6.07, 6.45) is 0.898. The van der Waals surface area contributed by atoms with Crippen molar-refractivity contribution in [3.05, 3.63) is 68.6 Å². The lowest BCUT2D eigenvalue weighted by Gasteiger charge is -2.44. The Morgan fingerprint density at radius 2 is 1.67 bits per heavy atom. The number of ether oxygens (including phenoxy) is 3. The van der Waals surface area contributed by atoms with Gasteiger partial charge in [0.25, 0.3) is 0 Å². The average Bonchev–Trinajstić information content (AvgIpc) is 2.83. The second-order valence-corrected chi connectivity index (χ2v) is 10.4. The largest absolute Gasteiger partial charge is 0.493 e. The monoisotopic (exact) mass is 527 g/mol. The highest BCUT2D eigenvalue weighted by atomic mass is 35.5. The zero-order valence-corrected chi connectivity index (χ0v) is 22.3. The van der Waals surface area contributed by atoms with Crippen LogP contribution in [-0.4, -0.2) is 27.1 Å². The van der Waals surface area contributed by atoms with Crippen LogP contribution in [0.25, 0.3) is 0 Å². The number of anilines is 1. The fourth-order valence-corrected chi connectivity index (χ4v) is 5.32. The van der Waals surface area contributed by atoms with Crippen molar-refractivity contribution in [1.29, 1.82) is 5.26 Å². The molecule has 1 atom stereocenters. The third-order valence-electron chi connectivity index (χ3n) is 6.56. The van der Waals surface area contributed by atoms with Gasteiger partial charge in [0.15, 0.2) is 17.3 Å². The molecule has 0 spiro atoms. The van der Waals surface area contributed by atoms with Crippen LogP contribution >= 0.6 is 23.2 Å². The van der Waals surface area contributed by atoms with E-state index in [2.05, 4.69) is 6.07 Å². The molecule has 1 heterocycles. The van der Waals surface area contributed by atoms with Crippen LogP contribution in [0.4, 0.5) is 5.69 Å². The third kappa shape index (κ3) is 4.25. The molecule has 0 amide bonds. The first-order valence-corrected chi connectivity index (χ1v) is 12.0. The van der Waals surface area contributed by atoms with Gasteiger partial charge in [-0.15, -0.1) is 0 Å². The molecule has 1 aliphatic heterocycles. The highest BCUT2D eigenvalue weighted by Crippen LogP contribution is 2.52. The van der Waals surface area contributed by atoms with E-state index >= 15 is 0 Å². The summed E-state index contributed by atoms with van der Waals surface area (Å²) in [5.41, 5.74) is 9.12. The van der Waals surface area contributed by atoms with E-state index in [9.17, 15) is 10.1 Å². The molecular formula is C27H27Cl2N3O4. The van der Waals surface area contributed by atoms with Crippen LogP contribution in [0.1, 0.15) is 38.2 Å². The van der Waals surface area contributed by atoms with E-state index in [-0.39, 0.29) is 22.6 Å². The topological polar surface area (TPSA) is 97.8 Å². The number of hydrogen-bond acceptors (Lipinski definition) is 7. The molecule has 188 valence electrons. The van der Waals surface area contributed by atoms with E-state index in [0.717, 1.165) is 5.70 Å². The van der Waals surface area contributed by atoms with Crippen molar-refractivity contribution in [2.45, 2.75) is 32.6 Å². The quantitative estimate of drug-likeness (QED) is 0.511. The lowest BCUT2D eigenvalue weighted by atomic mass is 9.68. The standard InChI is InChI=1S/C27H27Cl2N3O4/c1-27(2)11-19-24(20(33)12-27)23(14-8-21(34-3)25(36-5)22(9-14)35-4)16(13-30)26(31)32(19)15-6-7-17(28)18(29)10-15/h6-10,23H,11-12,31H2,1-5H3/t23-/m1/s1. The van der Waals surface area contributed by atoms with Crippen LogP contribution in [0.15, 0.2) is 53.0 Å². The first-order chi connectivity index (χ1) is 17.1. The first kappa shape index (κ1) is 25.7. The number of benzene rings is 2. The summed E-state index contributed by atoms with van der Waals surface area (Å²) < 4.78 is 16.5. The van der Waals surface area contributed by atoms with Crippen molar-refractivity contribution in [3.63, 3.8) is 0 Å². The number of halogens is 2. The molecule has 0 unspecified atom stereocenters. The van der Waals surface area contributed by atoms with Crippen LogP contribution in [0.3, 0.4) is 0 Å². The fraction of sp³-hybridized carbons (Fsp3) is 0.333. The van der Waals surface area contributed by atoms with Gasteiger partial charge in [0, 0.05) is 23.4 Å². The van der Waals surface area contributed by atoms with Crippen molar-refractivity contribution in [2.24, 2.45) is 11.1 Å². The Hall–Kier alpha value is -3.34. The maximum absolute atomic E-state index is 13.7. The molecule has 4 rings (SSSR count). The Balaban J connectivity index is 2.03. The number of methoxy groups -OCH3 is 3. The Morgan fingerprint density at radius 1 is 1.03 bits per heavy atom. The number of nitrogens with two attached hydrogens (primary N) is 1. The summed E-state index contributed by atoms with van der Waals surface area (Å²) in [7, 11) is 4.55. The number of nitrogens with zero attached hydrogens (tertiary/aromatic N) is 2. The van der Waals surface area contributed by atoms with E-state index in [4.69, 9.17) is 43.1 Å². The minimum Gasteiger partial charge on any atom is -0.493 e. The summed E-state index contributed by atoms with van der Waals surface area (Å²) in [5, 5.41) is 11.0. The maximum Gasteiger partial charge on any atom is 0.203 e. The Bertz CT molecular complexity index is 1330. The van der Waals surface area contributed by atoms with Crippen molar-refractivity contribution in [1.82, 2.24) is 0 Å². The van der Waals surface area contributed by atoms with Crippen molar-refractivity contribution < 1.29 is 19.0 Å². The Labute approximate surface area is 220 Å². The number of rotatable bonds is 5. The maximum atomic E-state index is 13.7. The highest BCUT2D eigenvalue weighted by molar-refractivity contribution is 6.42. The summed E-state index contributed by atoms with van der Waals surface area (Å²) in [5.74, 6) is 0.712.